The van der Waals surface area contributed by atoms with Crippen molar-refractivity contribution in [3.8, 4) is 0 Å². The third kappa shape index (κ3) is 6.74. The summed E-state index contributed by atoms with van der Waals surface area (Å²) in [4.78, 5) is 20.5. The summed E-state index contributed by atoms with van der Waals surface area (Å²) >= 11 is 0. The fourth-order valence-corrected chi connectivity index (χ4v) is 2.28. The van der Waals surface area contributed by atoms with Gasteiger partial charge in [0.1, 0.15) is 17.2 Å². The fourth-order valence-electron chi connectivity index (χ4n) is 2.28. The zero-order chi connectivity index (χ0) is 19.7. The molecular formula is C19H27N5O3. The number of rotatable bonds is 8. The number of aliphatic hydroxyl groups is 1. The normalized spacial score (nSPS) is 13.7. The highest BCUT2D eigenvalue weighted by molar-refractivity contribution is 5.90. The Balaban J connectivity index is 1.82. The van der Waals surface area contributed by atoms with Gasteiger partial charge in [-0.25, -0.2) is 9.98 Å². The van der Waals surface area contributed by atoms with Gasteiger partial charge in [-0.2, -0.15) is 0 Å². The third-order valence-electron chi connectivity index (χ3n) is 3.76. The van der Waals surface area contributed by atoms with Crippen molar-refractivity contribution in [3.05, 3.63) is 48.0 Å². The van der Waals surface area contributed by atoms with Crippen molar-refractivity contribution in [3.63, 3.8) is 0 Å². The van der Waals surface area contributed by atoms with E-state index in [0.29, 0.717) is 30.6 Å². The maximum absolute atomic E-state index is 12.0. The topological polar surface area (TPSA) is 112 Å². The molecule has 0 spiro atoms. The molecule has 2 rings (SSSR count). The highest BCUT2D eigenvalue weighted by atomic mass is 16.4. The van der Waals surface area contributed by atoms with Gasteiger partial charge in [0.05, 0.1) is 12.8 Å². The number of nitrogens with zero attached hydrogens (tertiary/aromatic N) is 2. The average molecular weight is 373 g/mol. The Kier molecular flexibility index (Phi) is 7.36. The maximum atomic E-state index is 12.0. The molecule has 4 N–H and O–H groups in total. The van der Waals surface area contributed by atoms with Gasteiger partial charge in [0.25, 0.3) is 0 Å². The molecule has 0 radical (unpaired) electrons. The van der Waals surface area contributed by atoms with E-state index in [4.69, 9.17) is 4.42 Å². The molecule has 1 unspecified atom stereocenters. The molecule has 1 amide bonds. The van der Waals surface area contributed by atoms with Crippen molar-refractivity contribution in [2.45, 2.75) is 32.8 Å². The zero-order valence-electron chi connectivity index (χ0n) is 16.0. The van der Waals surface area contributed by atoms with Crippen LogP contribution in [-0.2, 0) is 10.4 Å². The van der Waals surface area contributed by atoms with Crippen molar-refractivity contribution < 1.29 is 14.3 Å². The molecule has 8 heteroatoms. The molecule has 1 atom stereocenters. The van der Waals surface area contributed by atoms with Gasteiger partial charge < -0.3 is 25.5 Å². The number of carbonyl (C=O) groups is 1. The molecule has 0 aromatic carbocycles. The molecule has 0 aliphatic carbocycles. The molecular weight excluding hydrogens is 346 g/mol. The Morgan fingerprint density at radius 1 is 1.33 bits per heavy atom. The molecule has 0 saturated carbocycles. The predicted molar refractivity (Wildman–Crippen MR) is 104 cm³/mol. The van der Waals surface area contributed by atoms with Crippen molar-refractivity contribution >= 4 is 17.7 Å². The zero-order valence-corrected chi connectivity index (χ0v) is 16.0. The molecule has 0 saturated heterocycles. The third-order valence-corrected chi connectivity index (χ3v) is 3.76. The summed E-state index contributed by atoms with van der Waals surface area (Å²) in [6.07, 6.45) is 3.47. The second-order valence-electron chi connectivity index (χ2n) is 6.39. The summed E-state index contributed by atoms with van der Waals surface area (Å²) in [5.74, 6) is 1.36. The van der Waals surface area contributed by atoms with Gasteiger partial charge in [-0.05, 0) is 44.5 Å². The Morgan fingerprint density at radius 2 is 2.15 bits per heavy atom. The monoisotopic (exact) mass is 373 g/mol. The van der Waals surface area contributed by atoms with Crippen LogP contribution in [0.2, 0.25) is 0 Å². The molecule has 8 nitrogen and oxygen atoms in total. The molecule has 0 bridgehead atoms. The number of aliphatic imine (C=N–C) groups is 1. The summed E-state index contributed by atoms with van der Waals surface area (Å²) in [6, 6.07) is 7.09. The lowest BCUT2D eigenvalue weighted by Gasteiger charge is -2.19. The molecule has 2 heterocycles. The van der Waals surface area contributed by atoms with E-state index >= 15 is 0 Å². The van der Waals surface area contributed by atoms with Crippen LogP contribution < -0.4 is 16.0 Å². The molecule has 27 heavy (non-hydrogen) atoms. The predicted octanol–water partition coefficient (Wildman–Crippen LogP) is 1.77. The highest BCUT2D eigenvalue weighted by Gasteiger charge is 2.26. The minimum atomic E-state index is -1.21. The van der Waals surface area contributed by atoms with Crippen molar-refractivity contribution in [1.29, 1.82) is 0 Å². The summed E-state index contributed by atoms with van der Waals surface area (Å²) in [5.41, 5.74) is -0.174. The van der Waals surface area contributed by atoms with Crippen LogP contribution in [0.15, 0.2) is 46.1 Å². The molecule has 2 aromatic rings. The number of guanidine groups is 1. The number of amides is 1. The first-order valence-corrected chi connectivity index (χ1v) is 8.92. The van der Waals surface area contributed by atoms with E-state index < -0.39 is 5.60 Å². The van der Waals surface area contributed by atoms with E-state index in [1.165, 1.54) is 6.26 Å². The van der Waals surface area contributed by atoms with E-state index in [1.807, 2.05) is 19.9 Å². The van der Waals surface area contributed by atoms with Gasteiger partial charge in [-0.15, -0.1) is 0 Å². The number of aromatic nitrogens is 1. The van der Waals surface area contributed by atoms with E-state index in [9.17, 15) is 9.90 Å². The summed E-state index contributed by atoms with van der Waals surface area (Å²) in [6.45, 7) is 6.70. The number of hydrogen-bond acceptors (Lipinski definition) is 5. The lowest BCUT2D eigenvalue weighted by Crippen LogP contribution is -2.40. The van der Waals surface area contributed by atoms with Crippen LogP contribution in [0.1, 0.15) is 31.6 Å². The summed E-state index contributed by atoms with van der Waals surface area (Å²) in [5, 5.41) is 19.4. The summed E-state index contributed by atoms with van der Waals surface area (Å²) < 4.78 is 5.25. The number of furan rings is 1. The number of anilines is 1. The molecule has 0 fully saturated rings. The van der Waals surface area contributed by atoms with Gasteiger partial charge in [0, 0.05) is 25.7 Å². The SMILES string of the molecule is CCNC(=NCC(C)(O)c1ccco1)NCCC(=O)Nc1ccc(C)cn1. The lowest BCUT2D eigenvalue weighted by atomic mass is 10.0. The molecule has 2 aromatic heterocycles. The van der Waals surface area contributed by atoms with E-state index in [-0.39, 0.29) is 18.9 Å². The minimum absolute atomic E-state index is 0.120. The first-order valence-electron chi connectivity index (χ1n) is 8.92. The minimum Gasteiger partial charge on any atom is -0.466 e. The van der Waals surface area contributed by atoms with Gasteiger partial charge in [-0.1, -0.05) is 6.07 Å². The van der Waals surface area contributed by atoms with Crippen LogP contribution in [0.4, 0.5) is 5.82 Å². The Morgan fingerprint density at radius 3 is 2.78 bits per heavy atom. The largest absolute Gasteiger partial charge is 0.466 e. The van der Waals surface area contributed by atoms with Gasteiger partial charge in [0.15, 0.2) is 5.96 Å². The molecule has 0 aliphatic rings. The van der Waals surface area contributed by atoms with E-state index in [2.05, 4.69) is 25.9 Å². The van der Waals surface area contributed by atoms with Gasteiger partial charge in [0.2, 0.25) is 5.91 Å². The Labute approximate surface area is 159 Å². The maximum Gasteiger partial charge on any atom is 0.227 e. The number of carbonyl (C=O) groups excluding carboxylic acids is 1. The second-order valence-corrected chi connectivity index (χ2v) is 6.39. The smallest absolute Gasteiger partial charge is 0.227 e. The Hall–Kier alpha value is -2.87. The van der Waals surface area contributed by atoms with Crippen LogP contribution >= 0.6 is 0 Å². The van der Waals surface area contributed by atoms with E-state index in [0.717, 1.165) is 5.56 Å². The number of nitrogens with one attached hydrogen (secondary N) is 3. The standard InChI is InChI=1S/C19H27N5O3/c1-4-20-18(23-13-19(3,26)15-6-5-11-27-15)21-10-9-17(25)24-16-8-7-14(2)12-22-16/h5-8,11-12,26H,4,9-10,13H2,1-3H3,(H2,20,21,23)(H,22,24,25). The highest BCUT2D eigenvalue weighted by Crippen LogP contribution is 2.20. The van der Waals surface area contributed by atoms with Crippen LogP contribution in [0.3, 0.4) is 0 Å². The van der Waals surface area contributed by atoms with Crippen LogP contribution in [0.25, 0.3) is 0 Å². The number of aryl methyl sites for hydroxylation is 1. The quantitative estimate of drug-likeness (QED) is 0.414. The van der Waals surface area contributed by atoms with Gasteiger partial charge in [-0.3, -0.25) is 4.79 Å². The number of pyridine rings is 1. The molecule has 146 valence electrons. The van der Waals surface area contributed by atoms with Crippen molar-refractivity contribution in [2.75, 3.05) is 25.0 Å². The second kappa shape index (κ2) is 9.72. The van der Waals surface area contributed by atoms with Crippen molar-refractivity contribution in [1.82, 2.24) is 15.6 Å². The van der Waals surface area contributed by atoms with Crippen molar-refractivity contribution in [2.24, 2.45) is 4.99 Å². The number of hydrogen-bond donors (Lipinski definition) is 4. The van der Waals surface area contributed by atoms with Crippen LogP contribution in [0.5, 0.6) is 0 Å². The summed E-state index contributed by atoms with van der Waals surface area (Å²) in [7, 11) is 0. The Bertz CT molecular complexity index is 739. The van der Waals surface area contributed by atoms with E-state index in [1.54, 1.807) is 31.3 Å². The first-order chi connectivity index (χ1) is 12.9. The first kappa shape index (κ1) is 20.4. The fraction of sp³-hybridized carbons (Fsp3) is 0.421. The lowest BCUT2D eigenvalue weighted by molar-refractivity contribution is -0.116. The average Bonchev–Trinajstić information content (AvgIpc) is 3.17. The van der Waals surface area contributed by atoms with Crippen LogP contribution in [0, 0.1) is 6.92 Å². The molecule has 0 aliphatic heterocycles. The van der Waals surface area contributed by atoms with Crippen LogP contribution in [-0.4, -0.2) is 41.6 Å². The van der Waals surface area contributed by atoms with Gasteiger partial charge >= 0.3 is 0 Å².